The SMILES string of the molecule is CC[C@]1(COC)CN(c2nc(OCC34CCCN3C/C(=C\F)C4)nc3c(F)c(Br)ccc23)CCN1C(=O)OC(C)(C)C. The summed E-state index contributed by atoms with van der Waals surface area (Å²) in [5.74, 6) is 0.0203. The number of fused-ring (bicyclic) bond motifs is 2. The van der Waals surface area contributed by atoms with Crippen molar-refractivity contribution in [2.24, 2.45) is 0 Å². The van der Waals surface area contributed by atoms with Gasteiger partial charge in [-0.2, -0.15) is 9.97 Å². The monoisotopic (exact) mass is 651 g/mol. The molecule has 3 aliphatic rings. The number of aromatic nitrogens is 2. The van der Waals surface area contributed by atoms with Crippen molar-refractivity contribution in [3.63, 3.8) is 0 Å². The number of hydrogen-bond acceptors (Lipinski definition) is 8. The minimum absolute atomic E-state index is 0.0665. The van der Waals surface area contributed by atoms with Crippen LogP contribution in [0.3, 0.4) is 0 Å². The van der Waals surface area contributed by atoms with Gasteiger partial charge in [0.1, 0.15) is 23.5 Å². The number of benzene rings is 1. The summed E-state index contributed by atoms with van der Waals surface area (Å²) < 4.78 is 46.8. The van der Waals surface area contributed by atoms with Crippen LogP contribution < -0.4 is 9.64 Å². The average Bonchev–Trinajstić information content (AvgIpc) is 3.50. The summed E-state index contributed by atoms with van der Waals surface area (Å²) in [5, 5.41) is 0.542. The first-order valence-electron chi connectivity index (χ1n) is 14.5. The lowest BCUT2D eigenvalue weighted by molar-refractivity contribution is -0.0318. The molecule has 1 unspecified atom stereocenters. The summed E-state index contributed by atoms with van der Waals surface area (Å²) in [6, 6.07) is 3.50. The average molecular weight is 653 g/mol. The largest absolute Gasteiger partial charge is 0.461 e. The van der Waals surface area contributed by atoms with E-state index in [1.807, 2.05) is 32.6 Å². The molecule has 3 fully saturated rings. The lowest BCUT2D eigenvalue weighted by Crippen LogP contribution is -2.66. The van der Waals surface area contributed by atoms with Crippen LogP contribution in [0.4, 0.5) is 19.4 Å². The van der Waals surface area contributed by atoms with E-state index in [1.54, 1.807) is 24.1 Å². The van der Waals surface area contributed by atoms with E-state index in [1.165, 1.54) is 0 Å². The molecule has 42 heavy (non-hydrogen) atoms. The van der Waals surface area contributed by atoms with Crippen LogP contribution in [0.5, 0.6) is 6.01 Å². The maximum Gasteiger partial charge on any atom is 0.410 e. The Bertz CT molecular complexity index is 1370. The van der Waals surface area contributed by atoms with E-state index in [0.29, 0.717) is 56.6 Å². The quantitative estimate of drug-likeness (QED) is 0.369. The molecule has 0 saturated carbocycles. The number of amides is 1. The molecule has 4 heterocycles. The molecule has 0 aliphatic carbocycles. The Balaban J connectivity index is 1.49. The predicted octanol–water partition coefficient (Wildman–Crippen LogP) is 5.85. The number of hydrogen-bond donors (Lipinski definition) is 0. The Morgan fingerprint density at radius 3 is 2.67 bits per heavy atom. The van der Waals surface area contributed by atoms with E-state index in [9.17, 15) is 9.18 Å². The minimum Gasteiger partial charge on any atom is -0.461 e. The molecule has 230 valence electrons. The van der Waals surface area contributed by atoms with Gasteiger partial charge >= 0.3 is 12.1 Å². The molecule has 5 rings (SSSR count). The summed E-state index contributed by atoms with van der Waals surface area (Å²) in [6.45, 7) is 10.8. The third kappa shape index (κ3) is 5.81. The van der Waals surface area contributed by atoms with Gasteiger partial charge in [-0.25, -0.2) is 13.6 Å². The van der Waals surface area contributed by atoms with Gasteiger partial charge in [-0.1, -0.05) is 6.92 Å². The molecular formula is C30H40BrF2N5O4. The van der Waals surface area contributed by atoms with E-state index in [-0.39, 0.29) is 34.8 Å². The highest BCUT2D eigenvalue weighted by atomic mass is 79.9. The van der Waals surface area contributed by atoms with Gasteiger partial charge in [0.2, 0.25) is 0 Å². The molecule has 3 aliphatic heterocycles. The fraction of sp³-hybridized carbons (Fsp3) is 0.633. The highest BCUT2D eigenvalue weighted by Crippen LogP contribution is 2.42. The van der Waals surface area contributed by atoms with E-state index >= 15 is 4.39 Å². The molecule has 0 bridgehead atoms. The fourth-order valence-corrected chi connectivity index (χ4v) is 6.94. The number of ether oxygens (including phenoxy) is 3. The van der Waals surface area contributed by atoms with Crippen molar-refractivity contribution >= 4 is 38.7 Å². The standard InChI is InChI=1S/C30H40BrF2N5O4/c1-6-29(18-40-5)17-36(12-13-38(29)27(39)42-28(2,3)4)25-21-8-9-22(31)23(33)24(21)34-26(35-25)41-19-30-10-7-11-37(30)16-20(14-30)15-32/h8-9,15H,6-7,10-14,16-19H2,1-5H3/b20-15-/t29-,30?/m1/s1. The number of piperazine rings is 1. The smallest absolute Gasteiger partial charge is 0.410 e. The summed E-state index contributed by atoms with van der Waals surface area (Å²) in [7, 11) is 1.61. The third-order valence-electron chi connectivity index (χ3n) is 8.67. The van der Waals surface area contributed by atoms with Crippen LogP contribution >= 0.6 is 15.9 Å². The van der Waals surface area contributed by atoms with Crippen molar-refractivity contribution in [3.05, 3.63) is 34.3 Å². The van der Waals surface area contributed by atoms with Gasteiger partial charge in [-0.3, -0.25) is 9.80 Å². The molecule has 0 spiro atoms. The van der Waals surface area contributed by atoms with Crippen LogP contribution in [0.15, 0.2) is 28.5 Å². The van der Waals surface area contributed by atoms with Crippen LogP contribution in [0, 0.1) is 5.82 Å². The van der Waals surface area contributed by atoms with E-state index in [4.69, 9.17) is 19.2 Å². The van der Waals surface area contributed by atoms with E-state index in [2.05, 4.69) is 25.8 Å². The summed E-state index contributed by atoms with van der Waals surface area (Å²) in [4.78, 5) is 28.7. The van der Waals surface area contributed by atoms with Crippen molar-refractivity contribution in [1.82, 2.24) is 19.8 Å². The van der Waals surface area contributed by atoms with Crippen LogP contribution in [0.1, 0.15) is 53.4 Å². The Morgan fingerprint density at radius 1 is 1.19 bits per heavy atom. The second-order valence-corrected chi connectivity index (χ2v) is 13.5. The van der Waals surface area contributed by atoms with Crippen molar-refractivity contribution < 1.29 is 27.8 Å². The summed E-state index contributed by atoms with van der Waals surface area (Å²) >= 11 is 3.29. The molecule has 1 aromatic carbocycles. The van der Waals surface area contributed by atoms with Crippen LogP contribution in [-0.2, 0) is 9.47 Å². The van der Waals surface area contributed by atoms with Gasteiger partial charge in [-0.15, -0.1) is 0 Å². The Kier molecular flexibility index (Phi) is 8.70. The summed E-state index contributed by atoms with van der Waals surface area (Å²) in [5.41, 5.74) is -0.769. The first-order valence-corrected chi connectivity index (χ1v) is 15.3. The predicted molar refractivity (Wildman–Crippen MR) is 160 cm³/mol. The van der Waals surface area contributed by atoms with Crippen LogP contribution in [0.25, 0.3) is 10.9 Å². The molecule has 9 nitrogen and oxygen atoms in total. The maximum absolute atomic E-state index is 15.5. The molecule has 3 saturated heterocycles. The first-order chi connectivity index (χ1) is 19.9. The number of halogens is 3. The molecule has 1 aromatic heterocycles. The topological polar surface area (TPSA) is 80.3 Å². The highest BCUT2D eigenvalue weighted by molar-refractivity contribution is 9.10. The van der Waals surface area contributed by atoms with Crippen molar-refractivity contribution in [1.29, 1.82) is 0 Å². The van der Waals surface area contributed by atoms with Gasteiger partial charge in [0, 0.05) is 38.7 Å². The Morgan fingerprint density at radius 2 is 1.98 bits per heavy atom. The zero-order chi connectivity index (χ0) is 30.3. The zero-order valence-corrected chi connectivity index (χ0v) is 26.6. The minimum atomic E-state index is -0.705. The number of carbonyl (C=O) groups excluding carboxylic acids is 1. The van der Waals surface area contributed by atoms with Crippen molar-refractivity contribution in [2.45, 2.75) is 70.1 Å². The number of anilines is 1. The number of rotatable bonds is 7. The van der Waals surface area contributed by atoms with Gasteiger partial charge in [0.25, 0.3) is 0 Å². The molecule has 12 heteroatoms. The van der Waals surface area contributed by atoms with Crippen LogP contribution in [-0.4, -0.2) is 95.6 Å². The molecular weight excluding hydrogens is 612 g/mol. The zero-order valence-electron chi connectivity index (χ0n) is 25.0. The van der Waals surface area contributed by atoms with Crippen molar-refractivity contribution in [3.8, 4) is 6.01 Å². The number of nitrogens with zero attached hydrogens (tertiary/aromatic N) is 5. The second kappa shape index (κ2) is 11.8. The maximum atomic E-state index is 15.5. The Labute approximate surface area is 254 Å². The normalized spacial score (nSPS) is 25.9. The second-order valence-electron chi connectivity index (χ2n) is 12.6. The molecule has 0 N–H and O–H groups in total. The van der Waals surface area contributed by atoms with Gasteiger partial charge in [0.05, 0.1) is 28.5 Å². The van der Waals surface area contributed by atoms with Gasteiger partial charge in [0.15, 0.2) is 5.82 Å². The molecule has 2 atom stereocenters. The lowest BCUT2D eigenvalue weighted by Gasteiger charge is -2.50. The van der Waals surface area contributed by atoms with E-state index < -0.39 is 23.1 Å². The first kappa shape index (κ1) is 30.9. The van der Waals surface area contributed by atoms with Gasteiger partial charge < -0.3 is 19.1 Å². The molecule has 1 amide bonds. The molecule has 0 radical (unpaired) electrons. The van der Waals surface area contributed by atoms with E-state index in [0.717, 1.165) is 25.0 Å². The third-order valence-corrected chi connectivity index (χ3v) is 9.28. The highest BCUT2D eigenvalue weighted by Gasteiger charge is 2.48. The number of carbonyl (C=O) groups is 1. The fourth-order valence-electron chi connectivity index (χ4n) is 6.62. The number of methoxy groups -OCH3 is 1. The van der Waals surface area contributed by atoms with Crippen LogP contribution in [0.2, 0.25) is 0 Å². The van der Waals surface area contributed by atoms with Crippen molar-refractivity contribution in [2.75, 3.05) is 57.9 Å². The Hall–Kier alpha value is -2.57. The summed E-state index contributed by atoms with van der Waals surface area (Å²) in [6.07, 6.45) is 3.39. The molecule has 2 aromatic rings. The van der Waals surface area contributed by atoms with Gasteiger partial charge in [-0.05, 0) is 86.6 Å². The lowest BCUT2D eigenvalue weighted by atomic mass is 9.91.